The van der Waals surface area contributed by atoms with Crippen molar-refractivity contribution in [2.75, 3.05) is 18.7 Å². The average molecular weight is 527 g/mol. The third kappa shape index (κ3) is 6.53. The number of nitriles is 1. The SMILES string of the molecule is COc1cc(C=C(C#N)C(=O)Nc2nnc(S(C)(=O)=O)s2)ccc1OC(=O)c1ccc(C(C)C)cc1. The molecule has 3 rings (SSSR count). The molecule has 0 atom stereocenters. The summed E-state index contributed by atoms with van der Waals surface area (Å²) in [4.78, 5) is 25.0. The first-order chi connectivity index (χ1) is 17.0. The third-order valence-electron chi connectivity index (χ3n) is 4.82. The molecule has 0 aliphatic heterocycles. The van der Waals surface area contributed by atoms with Crippen molar-refractivity contribution >= 4 is 44.3 Å². The second-order valence-electron chi connectivity index (χ2n) is 7.85. The molecule has 1 heterocycles. The number of ether oxygens (including phenoxy) is 2. The number of hydrogen-bond donors (Lipinski definition) is 1. The van der Waals surface area contributed by atoms with Crippen LogP contribution in [-0.2, 0) is 14.6 Å². The van der Waals surface area contributed by atoms with E-state index in [0.29, 0.717) is 28.4 Å². The maximum Gasteiger partial charge on any atom is 0.343 e. The zero-order valence-electron chi connectivity index (χ0n) is 19.8. The van der Waals surface area contributed by atoms with E-state index in [2.05, 4.69) is 29.4 Å². The van der Waals surface area contributed by atoms with Crippen molar-refractivity contribution in [1.82, 2.24) is 10.2 Å². The minimum atomic E-state index is -3.57. The summed E-state index contributed by atoms with van der Waals surface area (Å²) < 4.78 is 33.6. The topological polar surface area (TPSA) is 148 Å². The molecule has 3 aromatic rings. The van der Waals surface area contributed by atoms with Gasteiger partial charge in [-0.05, 0) is 47.4 Å². The minimum Gasteiger partial charge on any atom is -0.493 e. The molecule has 1 N–H and O–H groups in total. The van der Waals surface area contributed by atoms with Gasteiger partial charge in [-0.3, -0.25) is 10.1 Å². The third-order valence-corrected chi connectivity index (χ3v) is 7.33. The Balaban J connectivity index is 1.77. The fraction of sp³-hybridized carbons (Fsp3) is 0.208. The van der Waals surface area contributed by atoms with Crippen LogP contribution in [0.1, 0.15) is 41.3 Å². The second-order valence-corrected chi connectivity index (χ2v) is 11.0. The molecule has 1 aromatic heterocycles. The van der Waals surface area contributed by atoms with Gasteiger partial charge in [-0.1, -0.05) is 43.4 Å². The normalized spacial score (nSPS) is 11.6. The summed E-state index contributed by atoms with van der Waals surface area (Å²) in [6.07, 6.45) is 2.27. The zero-order chi connectivity index (χ0) is 26.5. The molecular formula is C24H22N4O6S2. The number of aromatic nitrogens is 2. The number of carbonyl (C=O) groups excluding carboxylic acids is 2. The predicted octanol–water partition coefficient (Wildman–Crippen LogP) is 3.84. The highest BCUT2D eigenvalue weighted by atomic mass is 32.2. The van der Waals surface area contributed by atoms with E-state index in [1.807, 2.05) is 12.1 Å². The van der Waals surface area contributed by atoms with E-state index < -0.39 is 21.7 Å². The van der Waals surface area contributed by atoms with Gasteiger partial charge in [0.25, 0.3) is 5.91 Å². The van der Waals surface area contributed by atoms with Gasteiger partial charge in [-0.15, -0.1) is 10.2 Å². The molecule has 2 aromatic carbocycles. The Morgan fingerprint density at radius 2 is 1.81 bits per heavy atom. The van der Waals surface area contributed by atoms with Gasteiger partial charge in [-0.2, -0.15) is 5.26 Å². The molecule has 0 aliphatic rings. The maximum atomic E-state index is 12.6. The number of hydrogen-bond acceptors (Lipinski definition) is 10. The molecule has 1 amide bonds. The summed E-state index contributed by atoms with van der Waals surface area (Å²) in [5, 5.41) is 18.8. The van der Waals surface area contributed by atoms with Crippen LogP contribution in [0.25, 0.3) is 6.08 Å². The smallest absolute Gasteiger partial charge is 0.343 e. The standard InChI is InChI=1S/C24H22N4O6S2/c1-14(2)16-6-8-17(9-7-16)22(30)34-19-10-5-15(12-20(19)33-3)11-18(13-25)21(29)26-23-27-28-24(35-23)36(4,31)32/h5-12,14H,1-4H3,(H,26,27,29). The lowest BCUT2D eigenvalue weighted by molar-refractivity contribution is -0.112. The first-order valence-electron chi connectivity index (χ1n) is 10.5. The lowest BCUT2D eigenvalue weighted by atomic mass is 10.0. The number of carbonyl (C=O) groups is 2. The van der Waals surface area contributed by atoms with Gasteiger partial charge in [0.1, 0.15) is 11.6 Å². The molecule has 0 radical (unpaired) electrons. The summed E-state index contributed by atoms with van der Waals surface area (Å²) >= 11 is 0.669. The van der Waals surface area contributed by atoms with Crippen LogP contribution in [0.2, 0.25) is 0 Å². The van der Waals surface area contributed by atoms with E-state index in [0.717, 1.165) is 11.8 Å². The Kier molecular flexibility index (Phi) is 8.18. The van der Waals surface area contributed by atoms with Crippen molar-refractivity contribution in [1.29, 1.82) is 5.26 Å². The van der Waals surface area contributed by atoms with E-state index >= 15 is 0 Å². The molecule has 0 fully saturated rings. The Labute approximate surface area is 212 Å². The van der Waals surface area contributed by atoms with E-state index in [1.165, 1.54) is 25.3 Å². The van der Waals surface area contributed by atoms with Crippen LogP contribution in [0.15, 0.2) is 52.4 Å². The lowest BCUT2D eigenvalue weighted by Crippen LogP contribution is -2.13. The van der Waals surface area contributed by atoms with Gasteiger partial charge in [0, 0.05) is 6.26 Å². The second kappa shape index (κ2) is 11.1. The fourth-order valence-electron chi connectivity index (χ4n) is 2.91. The number of benzene rings is 2. The summed E-state index contributed by atoms with van der Waals surface area (Å²) in [6.45, 7) is 4.11. The van der Waals surface area contributed by atoms with Crippen molar-refractivity contribution in [2.45, 2.75) is 24.1 Å². The highest BCUT2D eigenvalue weighted by Gasteiger charge is 2.18. The molecule has 10 nitrogen and oxygen atoms in total. The van der Waals surface area contributed by atoms with Crippen molar-refractivity contribution in [3.05, 3.63) is 64.7 Å². The zero-order valence-corrected chi connectivity index (χ0v) is 21.4. The quantitative estimate of drug-likeness (QED) is 0.152. The summed E-state index contributed by atoms with van der Waals surface area (Å²) in [5.74, 6) is -0.643. The molecular weight excluding hydrogens is 504 g/mol. The van der Waals surface area contributed by atoms with Gasteiger partial charge in [0.05, 0.1) is 12.7 Å². The summed E-state index contributed by atoms with van der Waals surface area (Å²) in [5.41, 5.74) is 1.63. The highest BCUT2D eigenvalue weighted by molar-refractivity contribution is 7.92. The van der Waals surface area contributed by atoms with Crippen LogP contribution in [-0.4, -0.2) is 43.9 Å². The van der Waals surface area contributed by atoms with Crippen LogP contribution in [0, 0.1) is 11.3 Å². The first kappa shape index (κ1) is 26.5. The molecule has 0 aliphatic carbocycles. The van der Waals surface area contributed by atoms with Gasteiger partial charge in [-0.25, -0.2) is 13.2 Å². The average Bonchev–Trinajstić information content (AvgIpc) is 3.32. The number of methoxy groups -OCH3 is 1. The number of nitrogens with one attached hydrogen (secondary N) is 1. The predicted molar refractivity (Wildman–Crippen MR) is 134 cm³/mol. The Morgan fingerprint density at radius 1 is 1.11 bits per heavy atom. The van der Waals surface area contributed by atoms with Crippen molar-refractivity contribution in [3.8, 4) is 17.6 Å². The van der Waals surface area contributed by atoms with E-state index in [9.17, 15) is 23.3 Å². The Bertz CT molecular complexity index is 1470. The van der Waals surface area contributed by atoms with Crippen molar-refractivity contribution in [3.63, 3.8) is 0 Å². The number of sulfone groups is 1. The Hall–Kier alpha value is -4.08. The molecule has 0 bridgehead atoms. The molecule has 36 heavy (non-hydrogen) atoms. The summed E-state index contributed by atoms with van der Waals surface area (Å²) in [6, 6.07) is 13.4. The van der Waals surface area contributed by atoms with E-state index in [1.54, 1.807) is 24.3 Å². The van der Waals surface area contributed by atoms with Crippen LogP contribution >= 0.6 is 11.3 Å². The largest absolute Gasteiger partial charge is 0.493 e. The van der Waals surface area contributed by atoms with E-state index in [-0.39, 0.29) is 26.5 Å². The van der Waals surface area contributed by atoms with Gasteiger partial charge >= 0.3 is 5.97 Å². The number of nitrogens with zero attached hydrogens (tertiary/aromatic N) is 3. The van der Waals surface area contributed by atoms with Crippen LogP contribution in [0.5, 0.6) is 11.5 Å². The van der Waals surface area contributed by atoms with Gasteiger partial charge < -0.3 is 9.47 Å². The van der Waals surface area contributed by atoms with Crippen LogP contribution < -0.4 is 14.8 Å². The molecule has 0 saturated carbocycles. The minimum absolute atomic E-state index is 0.0668. The maximum absolute atomic E-state index is 12.6. The molecule has 186 valence electrons. The van der Waals surface area contributed by atoms with Crippen molar-refractivity contribution < 1.29 is 27.5 Å². The monoisotopic (exact) mass is 526 g/mol. The van der Waals surface area contributed by atoms with Gasteiger partial charge in [0.2, 0.25) is 19.3 Å². The molecule has 0 unspecified atom stereocenters. The highest BCUT2D eigenvalue weighted by Crippen LogP contribution is 2.30. The van der Waals surface area contributed by atoms with E-state index in [4.69, 9.17) is 9.47 Å². The lowest BCUT2D eigenvalue weighted by Gasteiger charge is -2.11. The number of rotatable bonds is 8. The number of anilines is 1. The van der Waals surface area contributed by atoms with Crippen LogP contribution in [0.4, 0.5) is 5.13 Å². The first-order valence-corrected chi connectivity index (χ1v) is 13.2. The van der Waals surface area contributed by atoms with Gasteiger partial charge in [0.15, 0.2) is 11.5 Å². The summed E-state index contributed by atoms with van der Waals surface area (Å²) in [7, 11) is -2.18. The van der Waals surface area contributed by atoms with Crippen LogP contribution in [0.3, 0.4) is 0 Å². The molecule has 12 heteroatoms. The fourth-order valence-corrected chi connectivity index (χ4v) is 4.41. The number of amides is 1. The molecule has 0 spiro atoms. The van der Waals surface area contributed by atoms with Crippen molar-refractivity contribution in [2.24, 2.45) is 0 Å². The molecule has 0 saturated heterocycles. The number of esters is 1. The Morgan fingerprint density at radius 3 is 2.36 bits per heavy atom.